The van der Waals surface area contributed by atoms with Crippen molar-refractivity contribution in [2.24, 2.45) is 5.41 Å². The summed E-state index contributed by atoms with van der Waals surface area (Å²) in [4.78, 5) is 20.6. The highest BCUT2D eigenvalue weighted by Crippen LogP contribution is 2.47. The molecule has 1 aliphatic rings. The predicted octanol–water partition coefficient (Wildman–Crippen LogP) is 5.85. The summed E-state index contributed by atoms with van der Waals surface area (Å²) in [5.74, 6) is -1.59. The van der Waals surface area contributed by atoms with Gasteiger partial charge in [-0.25, -0.2) is 18.6 Å². The highest BCUT2D eigenvalue weighted by molar-refractivity contribution is 6.30. The van der Waals surface area contributed by atoms with Crippen molar-refractivity contribution in [3.63, 3.8) is 0 Å². The normalized spacial score (nSPS) is 14.6. The molecular weight excluding hydrogens is 410 g/mol. The molecule has 2 heterocycles. The summed E-state index contributed by atoms with van der Waals surface area (Å²) in [6.07, 6.45) is 4.74. The standard InChI is InChI=1S/C22H21ClF2N4O/c1-12-14(7-13-11-27-20(23)10-18(13)28-12)15-8-19(17(25)9-16(15)24)29-21(30)26-6-5-22(2)3-4-22/h7-11H,3-6H2,1-2H3,(H2,26,29,30). The minimum Gasteiger partial charge on any atom is -0.338 e. The molecule has 1 aromatic carbocycles. The van der Waals surface area contributed by atoms with Crippen LogP contribution in [0.5, 0.6) is 0 Å². The molecule has 2 amide bonds. The second-order valence-corrected chi connectivity index (χ2v) is 8.46. The number of rotatable bonds is 5. The Hall–Kier alpha value is -2.80. The molecule has 8 heteroatoms. The Morgan fingerprint density at radius 3 is 2.67 bits per heavy atom. The molecular formula is C22H21ClF2N4O. The van der Waals surface area contributed by atoms with Gasteiger partial charge in [0.1, 0.15) is 16.8 Å². The first kappa shape index (κ1) is 20.5. The van der Waals surface area contributed by atoms with Crippen molar-refractivity contribution < 1.29 is 13.6 Å². The van der Waals surface area contributed by atoms with Gasteiger partial charge in [0.2, 0.25) is 0 Å². The summed E-state index contributed by atoms with van der Waals surface area (Å²) in [5, 5.41) is 6.18. The van der Waals surface area contributed by atoms with Gasteiger partial charge in [0.05, 0.1) is 11.2 Å². The molecule has 5 nitrogen and oxygen atoms in total. The zero-order valence-corrected chi connectivity index (χ0v) is 17.4. The quantitative estimate of drug-likeness (QED) is 0.499. The summed E-state index contributed by atoms with van der Waals surface area (Å²) in [5.41, 5.74) is 1.99. The van der Waals surface area contributed by atoms with E-state index in [0.717, 1.165) is 25.3 Å². The number of nitrogens with one attached hydrogen (secondary N) is 2. The number of aryl methyl sites for hydroxylation is 1. The second-order valence-electron chi connectivity index (χ2n) is 8.07. The zero-order chi connectivity index (χ0) is 21.5. The van der Waals surface area contributed by atoms with Crippen LogP contribution >= 0.6 is 11.6 Å². The first-order chi connectivity index (χ1) is 14.2. The molecule has 156 valence electrons. The number of halogens is 3. The molecule has 0 aliphatic heterocycles. The van der Waals surface area contributed by atoms with Gasteiger partial charge < -0.3 is 10.6 Å². The van der Waals surface area contributed by atoms with Crippen molar-refractivity contribution in [1.82, 2.24) is 15.3 Å². The predicted molar refractivity (Wildman–Crippen MR) is 114 cm³/mol. The van der Waals surface area contributed by atoms with Gasteiger partial charge in [0, 0.05) is 47.1 Å². The molecule has 2 aromatic heterocycles. The highest BCUT2D eigenvalue weighted by Gasteiger charge is 2.36. The van der Waals surface area contributed by atoms with Gasteiger partial charge >= 0.3 is 6.03 Å². The van der Waals surface area contributed by atoms with Gasteiger partial charge in [0.25, 0.3) is 0 Å². The number of hydrogen-bond donors (Lipinski definition) is 2. The number of hydrogen-bond acceptors (Lipinski definition) is 3. The van der Waals surface area contributed by atoms with Crippen LogP contribution in [0.15, 0.2) is 30.5 Å². The number of carbonyl (C=O) groups is 1. The maximum atomic E-state index is 14.6. The first-order valence-corrected chi connectivity index (χ1v) is 10.1. The van der Waals surface area contributed by atoms with Gasteiger partial charge in [0.15, 0.2) is 0 Å². The fraction of sp³-hybridized carbons (Fsp3) is 0.318. The van der Waals surface area contributed by atoms with Crippen LogP contribution in [0.3, 0.4) is 0 Å². The minimum atomic E-state index is -0.847. The average molecular weight is 431 g/mol. The maximum absolute atomic E-state index is 14.6. The van der Waals surface area contributed by atoms with Crippen LogP contribution in [0.25, 0.3) is 22.0 Å². The molecule has 4 rings (SSSR count). The Morgan fingerprint density at radius 1 is 1.17 bits per heavy atom. The largest absolute Gasteiger partial charge is 0.338 e. The van der Waals surface area contributed by atoms with Crippen LogP contribution in [-0.2, 0) is 0 Å². The number of fused-ring (bicyclic) bond motifs is 1. The molecule has 1 fully saturated rings. The number of benzene rings is 1. The lowest BCUT2D eigenvalue weighted by Gasteiger charge is -2.14. The molecule has 0 unspecified atom stereocenters. The summed E-state index contributed by atoms with van der Waals surface area (Å²) in [6.45, 7) is 4.40. The Balaban J connectivity index is 1.60. The molecule has 0 bridgehead atoms. The van der Waals surface area contributed by atoms with E-state index in [9.17, 15) is 13.6 Å². The van der Waals surface area contributed by atoms with Crippen molar-refractivity contribution in [3.8, 4) is 11.1 Å². The molecule has 30 heavy (non-hydrogen) atoms. The lowest BCUT2D eigenvalue weighted by atomic mass is 10.0. The average Bonchev–Trinajstić information content (AvgIpc) is 3.41. The van der Waals surface area contributed by atoms with Crippen molar-refractivity contribution in [2.45, 2.75) is 33.1 Å². The van der Waals surface area contributed by atoms with Gasteiger partial charge in [-0.1, -0.05) is 18.5 Å². The number of nitrogens with zero attached hydrogens (tertiary/aromatic N) is 2. The van der Waals surface area contributed by atoms with E-state index < -0.39 is 17.7 Å². The molecule has 0 atom stereocenters. The van der Waals surface area contributed by atoms with Gasteiger partial charge in [-0.05, 0) is 43.7 Å². The van der Waals surface area contributed by atoms with Crippen molar-refractivity contribution in [3.05, 3.63) is 52.9 Å². The Morgan fingerprint density at radius 2 is 1.93 bits per heavy atom. The number of pyridine rings is 2. The van der Waals surface area contributed by atoms with Crippen LogP contribution in [-0.4, -0.2) is 22.5 Å². The summed E-state index contributed by atoms with van der Waals surface area (Å²) >= 11 is 5.91. The third-order valence-electron chi connectivity index (χ3n) is 5.57. The summed E-state index contributed by atoms with van der Waals surface area (Å²) < 4.78 is 28.9. The third-order valence-corrected chi connectivity index (χ3v) is 5.78. The fourth-order valence-corrected chi connectivity index (χ4v) is 3.52. The molecule has 2 N–H and O–H groups in total. The van der Waals surface area contributed by atoms with E-state index >= 15 is 0 Å². The van der Waals surface area contributed by atoms with E-state index in [0.29, 0.717) is 39.3 Å². The number of carbonyl (C=O) groups excluding carboxylic acids is 1. The highest BCUT2D eigenvalue weighted by atomic mass is 35.5. The Bertz CT molecular complexity index is 1150. The topological polar surface area (TPSA) is 66.9 Å². The third kappa shape index (κ3) is 4.36. The zero-order valence-electron chi connectivity index (χ0n) is 16.7. The lowest BCUT2D eigenvalue weighted by molar-refractivity contribution is 0.251. The fourth-order valence-electron chi connectivity index (χ4n) is 3.37. The molecule has 0 radical (unpaired) electrons. The molecule has 0 spiro atoms. The SMILES string of the molecule is Cc1nc2cc(Cl)ncc2cc1-c1cc(NC(=O)NCCC2(C)CC2)c(F)cc1F. The number of aromatic nitrogens is 2. The smallest absolute Gasteiger partial charge is 0.319 e. The van der Waals surface area contributed by atoms with E-state index in [4.69, 9.17) is 11.6 Å². The minimum absolute atomic E-state index is 0.102. The summed E-state index contributed by atoms with van der Waals surface area (Å²) in [7, 11) is 0. The Labute approximate surface area is 177 Å². The van der Waals surface area contributed by atoms with Crippen LogP contribution in [0.1, 0.15) is 31.9 Å². The molecule has 0 saturated heterocycles. The molecule has 1 aliphatic carbocycles. The lowest BCUT2D eigenvalue weighted by Crippen LogP contribution is -2.30. The van der Waals surface area contributed by atoms with Crippen molar-refractivity contribution in [1.29, 1.82) is 0 Å². The van der Waals surface area contributed by atoms with Crippen molar-refractivity contribution in [2.75, 3.05) is 11.9 Å². The van der Waals surface area contributed by atoms with E-state index in [-0.39, 0.29) is 11.3 Å². The Kier molecular flexibility index (Phi) is 5.32. The van der Waals surface area contributed by atoms with E-state index in [1.54, 1.807) is 25.3 Å². The van der Waals surface area contributed by atoms with Crippen LogP contribution in [0, 0.1) is 24.0 Å². The van der Waals surface area contributed by atoms with E-state index in [1.807, 2.05) is 0 Å². The maximum Gasteiger partial charge on any atom is 0.319 e. The second kappa shape index (κ2) is 7.80. The van der Waals surface area contributed by atoms with Gasteiger partial charge in [-0.15, -0.1) is 0 Å². The van der Waals surface area contributed by atoms with Crippen molar-refractivity contribution >= 4 is 34.2 Å². The van der Waals surface area contributed by atoms with Gasteiger partial charge in [-0.2, -0.15) is 0 Å². The number of anilines is 1. The first-order valence-electron chi connectivity index (χ1n) is 9.71. The monoisotopic (exact) mass is 430 g/mol. The number of amides is 2. The van der Waals surface area contributed by atoms with Crippen LogP contribution < -0.4 is 10.6 Å². The van der Waals surface area contributed by atoms with E-state index in [2.05, 4.69) is 27.5 Å². The van der Waals surface area contributed by atoms with Crippen LogP contribution in [0.2, 0.25) is 5.15 Å². The number of urea groups is 1. The van der Waals surface area contributed by atoms with E-state index in [1.165, 1.54) is 6.07 Å². The molecule has 3 aromatic rings. The molecule has 1 saturated carbocycles. The van der Waals surface area contributed by atoms with Gasteiger partial charge in [-0.3, -0.25) is 4.98 Å². The van der Waals surface area contributed by atoms with Crippen LogP contribution in [0.4, 0.5) is 19.3 Å². The summed E-state index contributed by atoms with van der Waals surface area (Å²) in [6, 6.07) is 4.86.